The van der Waals surface area contributed by atoms with Crippen molar-refractivity contribution in [3.8, 4) is 0 Å². The number of hydrogen-bond acceptors (Lipinski definition) is 3. The lowest BCUT2D eigenvalue weighted by Crippen LogP contribution is -2.47. The van der Waals surface area contributed by atoms with Gasteiger partial charge in [-0.05, 0) is 0 Å². The third kappa shape index (κ3) is 2.26. The van der Waals surface area contributed by atoms with Crippen LogP contribution in [0.5, 0.6) is 0 Å². The third-order valence-corrected chi connectivity index (χ3v) is 0.962. The average Bonchev–Trinajstić information content (AvgIpc) is 1.64. The van der Waals surface area contributed by atoms with Gasteiger partial charge in [-0.1, -0.05) is 13.8 Å². The minimum Gasteiger partial charge on any atom is -0.850 e. The lowest BCUT2D eigenvalue weighted by Gasteiger charge is -2.32. The molecule has 0 aromatic heterocycles. The maximum absolute atomic E-state index is 10.2. The molecule has 0 heterocycles. The summed E-state index contributed by atoms with van der Waals surface area (Å²) in [5.41, 5.74) is 0. The Morgan fingerprint density at radius 2 is 1.38 bits per heavy atom. The molecule has 0 aliphatic carbocycles. The zero-order valence-electron chi connectivity index (χ0n) is 5.00. The fourth-order valence-corrected chi connectivity index (χ4v) is 0.382. The summed E-state index contributed by atoms with van der Waals surface area (Å²) in [5.74, 6) is 0. The molecule has 0 radical (unpaired) electrons. The minimum atomic E-state index is -1.24. The van der Waals surface area contributed by atoms with Gasteiger partial charge >= 0.3 is 0 Å². The highest BCUT2D eigenvalue weighted by molar-refractivity contribution is 4.64. The van der Waals surface area contributed by atoms with E-state index < -0.39 is 18.3 Å². The van der Waals surface area contributed by atoms with E-state index in [9.17, 15) is 10.2 Å². The molecule has 0 rings (SSSR count). The molecule has 3 atom stereocenters. The van der Waals surface area contributed by atoms with Gasteiger partial charge in [0.25, 0.3) is 0 Å². The monoisotopic (exact) mass is 118 g/mol. The van der Waals surface area contributed by atoms with Crippen LogP contribution in [0.1, 0.15) is 13.8 Å². The minimum absolute atomic E-state index is 1.16. The Bertz CT molecular complexity index is 52.7. The number of rotatable bonds is 2. The van der Waals surface area contributed by atoms with E-state index in [1.54, 1.807) is 0 Å². The first-order chi connectivity index (χ1) is 3.55. The van der Waals surface area contributed by atoms with E-state index in [0.717, 1.165) is 0 Å². The zero-order chi connectivity index (χ0) is 6.73. The van der Waals surface area contributed by atoms with Gasteiger partial charge < -0.3 is 15.3 Å². The maximum Gasteiger partial charge on any atom is 0.0286 e. The molecule has 0 bridgehead atoms. The van der Waals surface area contributed by atoms with Crippen LogP contribution in [0, 0.1) is 0 Å². The molecule has 0 saturated heterocycles. The Morgan fingerprint density at radius 1 is 1.12 bits per heavy atom. The van der Waals surface area contributed by atoms with Gasteiger partial charge in [-0.3, -0.25) is 0 Å². The predicted molar refractivity (Wildman–Crippen MR) is 24.9 cm³/mol. The van der Waals surface area contributed by atoms with Crippen LogP contribution < -0.4 is 10.2 Å². The van der Waals surface area contributed by atoms with Crippen molar-refractivity contribution in [1.29, 1.82) is 0 Å². The van der Waals surface area contributed by atoms with E-state index in [0.29, 0.717) is 0 Å². The first-order valence-electron chi connectivity index (χ1n) is 2.55. The fraction of sp³-hybridized carbons (Fsp3) is 1.00. The molecule has 0 aromatic rings. The van der Waals surface area contributed by atoms with E-state index in [1.807, 2.05) is 0 Å². The van der Waals surface area contributed by atoms with Crippen molar-refractivity contribution >= 4 is 0 Å². The van der Waals surface area contributed by atoms with Gasteiger partial charge in [0.2, 0.25) is 0 Å². The third-order valence-electron chi connectivity index (χ3n) is 0.962. The van der Waals surface area contributed by atoms with Crippen LogP contribution in [-0.2, 0) is 0 Å². The van der Waals surface area contributed by atoms with E-state index >= 15 is 0 Å². The van der Waals surface area contributed by atoms with Crippen molar-refractivity contribution < 1.29 is 15.3 Å². The first-order valence-corrected chi connectivity index (χ1v) is 2.55. The SMILES string of the molecule is C[C@H]([O-])C(O)[C@@H](C)[O-]. The lowest BCUT2D eigenvalue weighted by atomic mass is 10.1. The molecule has 0 aromatic carbocycles. The zero-order valence-corrected chi connectivity index (χ0v) is 5.00. The summed E-state index contributed by atoms with van der Waals surface area (Å²) in [5, 5.41) is 29.0. The summed E-state index contributed by atoms with van der Waals surface area (Å²) in [4.78, 5) is 0. The maximum atomic E-state index is 10.2. The molecule has 1 N–H and O–H groups in total. The number of aliphatic hydroxyl groups excluding tert-OH is 1. The average molecular weight is 118 g/mol. The van der Waals surface area contributed by atoms with Gasteiger partial charge in [0.05, 0.1) is 0 Å². The van der Waals surface area contributed by atoms with Crippen LogP contribution in [0.2, 0.25) is 0 Å². The van der Waals surface area contributed by atoms with Gasteiger partial charge in [0.1, 0.15) is 0 Å². The highest BCUT2D eigenvalue weighted by Gasteiger charge is 2.01. The molecule has 0 spiro atoms. The normalized spacial score (nSPS) is 22.1. The summed E-state index contributed by atoms with van der Waals surface area (Å²) < 4.78 is 0. The standard InChI is InChI=1S/C5H10O3/c1-3(6)5(8)4(2)7/h3-5,8H,1-2H3/q-2/t3-,4+,5?. The van der Waals surface area contributed by atoms with Crippen molar-refractivity contribution in [3.05, 3.63) is 0 Å². The Morgan fingerprint density at radius 3 is 1.38 bits per heavy atom. The van der Waals surface area contributed by atoms with Crippen molar-refractivity contribution in [2.75, 3.05) is 0 Å². The van der Waals surface area contributed by atoms with Crippen LogP contribution in [0.25, 0.3) is 0 Å². The fourth-order valence-electron chi connectivity index (χ4n) is 0.382. The molecule has 3 nitrogen and oxygen atoms in total. The molecule has 1 unspecified atom stereocenters. The summed E-state index contributed by atoms with van der Waals surface area (Å²) in [6, 6.07) is 0. The van der Waals surface area contributed by atoms with Crippen molar-refractivity contribution in [2.24, 2.45) is 0 Å². The highest BCUT2D eigenvalue weighted by Crippen LogP contribution is 1.90. The van der Waals surface area contributed by atoms with Crippen LogP contribution in [0.15, 0.2) is 0 Å². The highest BCUT2D eigenvalue weighted by atomic mass is 16.4. The Labute approximate surface area is 48.6 Å². The van der Waals surface area contributed by atoms with Crippen LogP contribution in [0.3, 0.4) is 0 Å². The predicted octanol–water partition coefficient (Wildman–Crippen LogP) is -2.16. The topological polar surface area (TPSA) is 66.3 Å². The van der Waals surface area contributed by atoms with E-state index in [2.05, 4.69) is 0 Å². The Balaban J connectivity index is 3.46. The van der Waals surface area contributed by atoms with Crippen molar-refractivity contribution in [2.45, 2.75) is 32.2 Å². The molecule has 50 valence electrons. The molecule has 0 amide bonds. The Hall–Kier alpha value is -0.120. The molecule has 3 heteroatoms. The second kappa shape index (κ2) is 3.02. The summed E-state index contributed by atoms with van der Waals surface area (Å²) in [6.45, 7) is 2.55. The second-order valence-corrected chi connectivity index (χ2v) is 1.90. The van der Waals surface area contributed by atoms with Crippen LogP contribution >= 0.6 is 0 Å². The van der Waals surface area contributed by atoms with Gasteiger partial charge in [-0.25, -0.2) is 0 Å². The smallest absolute Gasteiger partial charge is 0.0286 e. The van der Waals surface area contributed by atoms with E-state index in [-0.39, 0.29) is 0 Å². The molecule has 0 saturated carbocycles. The Kier molecular flexibility index (Phi) is 2.97. The largest absolute Gasteiger partial charge is 0.850 e. The van der Waals surface area contributed by atoms with Gasteiger partial charge in [0, 0.05) is 6.10 Å². The molecule has 0 aliphatic heterocycles. The number of hydrogen-bond donors (Lipinski definition) is 1. The van der Waals surface area contributed by atoms with E-state index in [4.69, 9.17) is 5.11 Å². The van der Waals surface area contributed by atoms with E-state index in [1.165, 1.54) is 13.8 Å². The molecule has 0 fully saturated rings. The van der Waals surface area contributed by atoms with Crippen molar-refractivity contribution in [1.82, 2.24) is 0 Å². The van der Waals surface area contributed by atoms with Gasteiger partial charge in [-0.15, -0.1) is 12.2 Å². The van der Waals surface area contributed by atoms with Gasteiger partial charge in [-0.2, -0.15) is 0 Å². The first kappa shape index (κ1) is 7.88. The lowest BCUT2D eigenvalue weighted by molar-refractivity contribution is -0.483. The quantitative estimate of drug-likeness (QED) is 0.449. The van der Waals surface area contributed by atoms with Crippen molar-refractivity contribution in [3.63, 3.8) is 0 Å². The second-order valence-electron chi connectivity index (χ2n) is 1.90. The molecule has 0 aliphatic rings. The van der Waals surface area contributed by atoms with Crippen LogP contribution in [0.4, 0.5) is 0 Å². The summed E-state index contributed by atoms with van der Waals surface area (Å²) in [6.07, 6.45) is -3.57. The molecule has 8 heavy (non-hydrogen) atoms. The number of aliphatic hydroxyl groups is 1. The van der Waals surface area contributed by atoms with Gasteiger partial charge in [0.15, 0.2) is 0 Å². The summed E-state index contributed by atoms with van der Waals surface area (Å²) in [7, 11) is 0. The molecular weight excluding hydrogens is 108 g/mol. The van der Waals surface area contributed by atoms with Crippen LogP contribution in [-0.4, -0.2) is 23.4 Å². The summed E-state index contributed by atoms with van der Waals surface area (Å²) >= 11 is 0. The molecular formula is C5H10O3-2.